The lowest BCUT2D eigenvalue weighted by Gasteiger charge is -2.30. The van der Waals surface area contributed by atoms with Crippen LogP contribution in [0.15, 0.2) is 11.1 Å². The molecule has 0 spiro atoms. The predicted molar refractivity (Wildman–Crippen MR) is 87.2 cm³/mol. The second-order valence-electron chi connectivity index (χ2n) is 6.46. The van der Waals surface area contributed by atoms with Crippen molar-refractivity contribution in [3.8, 4) is 0 Å². The van der Waals surface area contributed by atoms with Gasteiger partial charge < -0.3 is 29.9 Å². The summed E-state index contributed by atoms with van der Waals surface area (Å²) < 4.78 is 7.21. The van der Waals surface area contributed by atoms with Gasteiger partial charge in [-0.15, -0.1) is 0 Å². The van der Waals surface area contributed by atoms with Crippen LogP contribution in [0.3, 0.4) is 0 Å². The summed E-state index contributed by atoms with van der Waals surface area (Å²) in [4.78, 5) is 25.3. The Balaban J connectivity index is 1.86. The highest BCUT2D eigenvalue weighted by Crippen LogP contribution is 2.35. The zero-order chi connectivity index (χ0) is 17.6. The molecule has 2 fully saturated rings. The largest absolute Gasteiger partial charge is 0.394 e. The molecular formula is C15H21N5O5. The Bertz CT molecular complexity index is 814. The lowest BCUT2D eigenvalue weighted by atomic mass is 10.1. The fourth-order valence-corrected chi connectivity index (χ4v) is 3.55. The molecule has 0 radical (unpaired) electrons. The van der Waals surface area contributed by atoms with Crippen molar-refractivity contribution in [1.82, 2.24) is 19.5 Å². The fourth-order valence-electron chi connectivity index (χ4n) is 3.55. The second-order valence-corrected chi connectivity index (χ2v) is 6.46. The summed E-state index contributed by atoms with van der Waals surface area (Å²) in [5, 5.41) is 29.8. The van der Waals surface area contributed by atoms with Gasteiger partial charge in [-0.1, -0.05) is 0 Å². The van der Waals surface area contributed by atoms with E-state index in [1.165, 1.54) is 6.33 Å². The van der Waals surface area contributed by atoms with Gasteiger partial charge in [0.05, 0.1) is 12.9 Å². The Morgan fingerprint density at radius 2 is 2.00 bits per heavy atom. The van der Waals surface area contributed by atoms with E-state index in [1.54, 1.807) is 4.57 Å². The van der Waals surface area contributed by atoms with E-state index in [-0.39, 0.29) is 16.7 Å². The predicted octanol–water partition coefficient (Wildman–Crippen LogP) is -1.28. The number of piperidine rings is 1. The molecule has 0 saturated carbocycles. The van der Waals surface area contributed by atoms with Gasteiger partial charge in [-0.2, -0.15) is 0 Å². The van der Waals surface area contributed by atoms with E-state index in [2.05, 4.69) is 15.0 Å². The molecule has 0 aromatic carbocycles. The number of hydrogen-bond donors (Lipinski definition) is 4. The van der Waals surface area contributed by atoms with Crippen molar-refractivity contribution >= 4 is 17.1 Å². The standard InChI is InChI=1S/C15H21N5O5/c21-6-8-10(22)11(23)14(25-8)20-12-9(13(24)17-7-16-12)18-15(20)19-4-2-1-3-5-19/h7-8,10-11,14,21-23H,1-6H2,(H,16,17,24)/t8-,10+,11-,14+/m0/s1. The summed E-state index contributed by atoms with van der Waals surface area (Å²) in [5.41, 5.74) is 0.0497. The molecule has 4 rings (SSSR count). The SMILES string of the molecule is O=c1[nH]cnc2c1nc(N1CCCCC1)n2[C@@H]1O[C@@H](CO)[C@@H](O)[C@@H]1O. The zero-order valence-corrected chi connectivity index (χ0v) is 13.6. The highest BCUT2D eigenvalue weighted by Gasteiger charge is 2.45. The molecule has 25 heavy (non-hydrogen) atoms. The van der Waals surface area contributed by atoms with Gasteiger partial charge in [-0.05, 0) is 19.3 Å². The molecule has 0 bridgehead atoms. The van der Waals surface area contributed by atoms with Crippen LogP contribution in [0.4, 0.5) is 5.95 Å². The molecule has 136 valence electrons. The Morgan fingerprint density at radius 3 is 2.68 bits per heavy atom. The molecule has 0 aliphatic carbocycles. The lowest BCUT2D eigenvalue weighted by Crippen LogP contribution is -2.35. The number of fused-ring (bicyclic) bond motifs is 1. The third-order valence-corrected chi connectivity index (χ3v) is 4.88. The number of aliphatic hydroxyl groups excluding tert-OH is 3. The van der Waals surface area contributed by atoms with Gasteiger partial charge in [-0.3, -0.25) is 9.36 Å². The number of hydrogen-bond acceptors (Lipinski definition) is 8. The van der Waals surface area contributed by atoms with Crippen LogP contribution in [-0.4, -0.2) is 72.8 Å². The van der Waals surface area contributed by atoms with Gasteiger partial charge in [-0.25, -0.2) is 9.97 Å². The van der Waals surface area contributed by atoms with Crippen molar-refractivity contribution in [2.75, 3.05) is 24.6 Å². The van der Waals surface area contributed by atoms with E-state index >= 15 is 0 Å². The molecule has 10 heteroatoms. The number of aliphatic hydroxyl groups is 3. The molecule has 2 saturated heterocycles. The average Bonchev–Trinajstić information content (AvgIpc) is 3.15. The minimum Gasteiger partial charge on any atom is -0.394 e. The number of ether oxygens (including phenoxy) is 1. The number of aromatic nitrogens is 4. The maximum absolute atomic E-state index is 12.1. The molecule has 10 nitrogen and oxygen atoms in total. The Hall–Kier alpha value is -2.01. The van der Waals surface area contributed by atoms with Crippen molar-refractivity contribution in [2.45, 2.75) is 43.8 Å². The first kappa shape index (κ1) is 16.5. The normalized spacial score (nSPS) is 30.3. The van der Waals surface area contributed by atoms with Gasteiger partial charge in [0.2, 0.25) is 5.95 Å². The van der Waals surface area contributed by atoms with Crippen molar-refractivity contribution in [1.29, 1.82) is 0 Å². The van der Waals surface area contributed by atoms with Crippen molar-refractivity contribution in [3.05, 3.63) is 16.7 Å². The van der Waals surface area contributed by atoms with Crippen LogP contribution >= 0.6 is 0 Å². The van der Waals surface area contributed by atoms with E-state index in [0.29, 0.717) is 5.95 Å². The van der Waals surface area contributed by atoms with Crippen molar-refractivity contribution < 1.29 is 20.1 Å². The Labute approximate surface area is 142 Å². The highest BCUT2D eigenvalue weighted by atomic mass is 16.6. The van der Waals surface area contributed by atoms with Gasteiger partial charge in [0.1, 0.15) is 18.3 Å². The van der Waals surface area contributed by atoms with E-state index in [0.717, 1.165) is 32.4 Å². The summed E-state index contributed by atoms with van der Waals surface area (Å²) in [6.07, 6.45) is 0.0132. The molecular weight excluding hydrogens is 330 g/mol. The molecule has 2 aromatic heterocycles. The van der Waals surface area contributed by atoms with E-state index in [4.69, 9.17) is 4.74 Å². The van der Waals surface area contributed by atoms with Crippen LogP contribution in [0.1, 0.15) is 25.5 Å². The van der Waals surface area contributed by atoms with Crippen LogP contribution in [-0.2, 0) is 4.74 Å². The first-order valence-electron chi connectivity index (χ1n) is 8.45. The summed E-state index contributed by atoms with van der Waals surface area (Å²) in [7, 11) is 0. The monoisotopic (exact) mass is 351 g/mol. The Morgan fingerprint density at radius 1 is 1.24 bits per heavy atom. The van der Waals surface area contributed by atoms with Gasteiger partial charge >= 0.3 is 0 Å². The van der Waals surface area contributed by atoms with Crippen LogP contribution in [0, 0.1) is 0 Å². The highest BCUT2D eigenvalue weighted by molar-refractivity contribution is 5.73. The minimum atomic E-state index is -1.26. The minimum absolute atomic E-state index is 0.154. The molecule has 0 amide bonds. The number of nitrogens with one attached hydrogen (secondary N) is 1. The quantitative estimate of drug-likeness (QED) is 0.537. The molecule has 2 aromatic rings. The molecule has 4 atom stereocenters. The number of rotatable bonds is 3. The molecule has 4 N–H and O–H groups in total. The van der Waals surface area contributed by atoms with E-state index in [9.17, 15) is 20.1 Å². The van der Waals surface area contributed by atoms with Crippen molar-refractivity contribution in [3.63, 3.8) is 0 Å². The molecule has 0 unspecified atom stereocenters. The number of anilines is 1. The first-order valence-corrected chi connectivity index (χ1v) is 8.45. The number of aromatic amines is 1. The molecule has 4 heterocycles. The lowest BCUT2D eigenvalue weighted by molar-refractivity contribution is -0.0504. The maximum Gasteiger partial charge on any atom is 0.278 e. The average molecular weight is 351 g/mol. The zero-order valence-electron chi connectivity index (χ0n) is 13.6. The third kappa shape index (κ3) is 2.61. The van der Waals surface area contributed by atoms with Crippen molar-refractivity contribution in [2.24, 2.45) is 0 Å². The molecule has 2 aliphatic rings. The summed E-state index contributed by atoms with van der Waals surface area (Å²) in [6.45, 7) is 1.13. The van der Waals surface area contributed by atoms with Gasteiger partial charge in [0.15, 0.2) is 17.4 Å². The van der Waals surface area contributed by atoms with Crippen LogP contribution in [0.2, 0.25) is 0 Å². The summed E-state index contributed by atoms with van der Waals surface area (Å²) in [5.74, 6) is 0.480. The van der Waals surface area contributed by atoms with E-state index < -0.39 is 31.1 Å². The van der Waals surface area contributed by atoms with Crippen LogP contribution < -0.4 is 10.5 Å². The second kappa shape index (κ2) is 6.37. The number of nitrogens with zero attached hydrogens (tertiary/aromatic N) is 4. The summed E-state index contributed by atoms with van der Waals surface area (Å²) >= 11 is 0. The van der Waals surface area contributed by atoms with Gasteiger partial charge in [0, 0.05) is 13.1 Å². The van der Waals surface area contributed by atoms with E-state index in [1.807, 2.05) is 4.90 Å². The first-order chi connectivity index (χ1) is 12.1. The van der Waals surface area contributed by atoms with Crippen LogP contribution in [0.5, 0.6) is 0 Å². The van der Waals surface area contributed by atoms with Crippen LogP contribution in [0.25, 0.3) is 11.2 Å². The topological polar surface area (TPSA) is 137 Å². The Kier molecular flexibility index (Phi) is 4.20. The number of H-pyrrole nitrogens is 1. The van der Waals surface area contributed by atoms with Gasteiger partial charge in [0.25, 0.3) is 5.56 Å². The smallest absolute Gasteiger partial charge is 0.278 e. The number of imidazole rings is 1. The maximum atomic E-state index is 12.1. The molecule has 2 aliphatic heterocycles. The third-order valence-electron chi connectivity index (χ3n) is 4.88. The summed E-state index contributed by atoms with van der Waals surface area (Å²) in [6, 6.07) is 0. The fraction of sp³-hybridized carbons (Fsp3) is 0.667.